The van der Waals surface area contributed by atoms with Crippen LogP contribution in [0.4, 0.5) is 14.6 Å². The Balaban J connectivity index is 1.46. The maximum Gasteiger partial charge on any atom is 0.243 e. The molecule has 0 saturated carbocycles. The molecule has 2 aromatic heterocycles. The lowest BCUT2D eigenvalue weighted by Gasteiger charge is -2.12. The molecule has 4 rings (SSSR count). The summed E-state index contributed by atoms with van der Waals surface area (Å²) < 4.78 is 55.2. The molecule has 0 aliphatic heterocycles. The van der Waals surface area contributed by atoms with Crippen molar-refractivity contribution in [2.45, 2.75) is 11.3 Å². The lowest BCUT2D eigenvalue weighted by atomic mass is 10.0. The summed E-state index contributed by atoms with van der Waals surface area (Å²) in [7, 11) is 1.88. The molecule has 0 fully saturated rings. The monoisotopic (exact) mass is 487 g/mol. The summed E-state index contributed by atoms with van der Waals surface area (Å²) in [5, 5.41) is 7.93. The Morgan fingerprint density at radius 2 is 1.88 bits per heavy atom. The molecule has 0 saturated heterocycles. The highest BCUT2D eigenvalue weighted by Gasteiger charge is 2.19. The number of nitrogens with zero attached hydrogens (tertiary/aromatic N) is 3. The van der Waals surface area contributed by atoms with Crippen LogP contribution >= 0.6 is 11.6 Å². The van der Waals surface area contributed by atoms with Crippen molar-refractivity contribution >= 4 is 46.4 Å². The third-order valence-electron chi connectivity index (χ3n) is 4.78. The number of aromatic nitrogens is 3. The van der Waals surface area contributed by atoms with Gasteiger partial charge in [0, 0.05) is 42.0 Å². The van der Waals surface area contributed by atoms with Crippen LogP contribution in [0.1, 0.15) is 6.42 Å². The van der Waals surface area contributed by atoms with Crippen LogP contribution < -0.4 is 15.5 Å². The first-order chi connectivity index (χ1) is 15.8. The maximum absolute atomic E-state index is 13.8. The molecule has 168 valence electrons. The molecule has 2 radical (unpaired) electrons. The Labute approximate surface area is 195 Å². The minimum absolute atomic E-state index is 0.0268. The Morgan fingerprint density at radius 3 is 2.64 bits per heavy atom. The first kappa shape index (κ1) is 23.2. The second kappa shape index (κ2) is 9.46. The maximum atomic E-state index is 13.8. The second-order valence-corrected chi connectivity index (χ2v) is 9.24. The number of hydrogen-bond acceptors (Lipinski definition) is 5. The fraction of sp³-hybridized carbons (Fsp3) is 0.143. The van der Waals surface area contributed by atoms with Gasteiger partial charge in [-0.2, -0.15) is 9.61 Å². The van der Waals surface area contributed by atoms with Gasteiger partial charge in [-0.05, 0) is 30.1 Å². The van der Waals surface area contributed by atoms with Crippen LogP contribution in [0, 0.1) is 11.6 Å². The first-order valence-corrected chi connectivity index (χ1v) is 11.7. The summed E-state index contributed by atoms with van der Waals surface area (Å²) in [6.07, 6.45) is 1.85. The normalized spacial score (nSPS) is 11.7. The fourth-order valence-electron chi connectivity index (χ4n) is 3.19. The molecule has 2 aromatic carbocycles. The molecule has 4 aromatic rings. The average Bonchev–Trinajstić information content (AvgIpc) is 3.14. The zero-order chi connectivity index (χ0) is 23.6. The molecule has 2 heterocycles. The molecular weight excluding hydrogens is 471 g/mol. The van der Waals surface area contributed by atoms with Crippen LogP contribution in [0.3, 0.4) is 0 Å². The van der Waals surface area contributed by atoms with Crippen LogP contribution in [-0.2, 0) is 10.0 Å². The van der Waals surface area contributed by atoms with Gasteiger partial charge in [0.15, 0.2) is 5.65 Å². The minimum atomic E-state index is -4.11. The van der Waals surface area contributed by atoms with Crippen LogP contribution in [0.25, 0.3) is 16.9 Å². The van der Waals surface area contributed by atoms with Gasteiger partial charge in [-0.1, -0.05) is 29.8 Å². The third-order valence-corrected chi connectivity index (χ3v) is 6.61. The fourth-order valence-corrected chi connectivity index (χ4v) is 4.56. The molecule has 0 spiro atoms. The molecule has 0 atom stereocenters. The Hall–Kier alpha value is -3.02. The van der Waals surface area contributed by atoms with Crippen LogP contribution in [0.15, 0.2) is 59.6 Å². The Bertz CT molecular complexity index is 1430. The molecule has 33 heavy (non-hydrogen) atoms. The van der Waals surface area contributed by atoms with Gasteiger partial charge in [-0.3, -0.25) is 0 Å². The second-order valence-electron chi connectivity index (χ2n) is 7.09. The van der Waals surface area contributed by atoms with E-state index >= 15 is 0 Å². The number of halogens is 3. The quantitative estimate of drug-likeness (QED) is 0.295. The molecule has 0 unspecified atom stereocenters. The van der Waals surface area contributed by atoms with Gasteiger partial charge >= 0.3 is 0 Å². The van der Waals surface area contributed by atoms with Gasteiger partial charge in [0.25, 0.3) is 0 Å². The van der Waals surface area contributed by atoms with Crippen molar-refractivity contribution in [3.8, 4) is 11.3 Å². The largest absolute Gasteiger partial charge is 0.370 e. The van der Waals surface area contributed by atoms with E-state index in [1.807, 2.05) is 18.2 Å². The van der Waals surface area contributed by atoms with Crippen molar-refractivity contribution in [1.29, 1.82) is 0 Å². The minimum Gasteiger partial charge on any atom is -0.370 e. The lowest BCUT2D eigenvalue weighted by molar-refractivity contribution is 0.542. The van der Waals surface area contributed by atoms with E-state index in [4.69, 9.17) is 19.4 Å². The van der Waals surface area contributed by atoms with E-state index in [0.717, 1.165) is 17.7 Å². The van der Waals surface area contributed by atoms with E-state index in [1.165, 1.54) is 10.7 Å². The zero-order valence-electron chi connectivity index (χ0n) is 17.1. The summed E-state index contributed by atoms with van der Waals surface area (Å²) in [5.74, 6) is -1.42. The summed E-state index contributed by atoms with van der Waals surface area (Å²) in [4.78, 5) is 3.94. The number of rotatable bonds is 8. The van der Waals surface area contributed by atoms with Crippen LogP contribution in [-0.4, -0.2) is 44.0 Å². The SMILES string of the molecule is [B]c1cnn2c(NCCCNS(=O)(=O)c3ccc(F)cc3F)cc(-c3ccccc3Cl)nc12. The van der Waals surface area contributed by atoms with Crippen molar-refractivity contribution in [2.24, 2.45) is 0 Å². The van der Waals surface area contributed by atoms with Crippen molar-refractivity contribution in [2.75, 3.05) is 18.4 Å². The predicted octanol–water partition coefficient (Wildman–Crippen LogP) is 2.90. The zero-order valence-corrected chi connectivity index (χ0v) is 18.7. The molecule has 0 aliphatic rings. The van der Waals surface area contributed by atoms with Gasteiger partial charge < -0.3 is 5.32 Å². The van der Waals surface area contributed by atoms with E-state index in [0.29, 0.717) is 46.7 Å². The van der Waals surface area contributed by atoms with Crippen molar-refractivity contribution < 1.29 is 17.2 Å². The van der Waals surface area contributed by atoms with E-state index < -0.39 is 26.6 Å². The van der Waals surface area contributed by atoms with E-state index in [2.05, 4.69) is 20.1 Å². The van der Waals surface area contributed by atoms with Crippen LogP contribution in [0.2, 0.25) is 5.02 Å². The van der Waals surface area contributed by atoms with Crippen molar-refractivity contribution in [3.63, 3.8) is 0 Å². The first-order valence-electron chi connectivity index (χ1n) is 9.84. The van der Waals surface area contributed by atoms with E-state index in [9.17, 15) is 17.2 Å². The van der Waals surface area contributed by atoms with E-state index in [-0.39, 0.29) is 6.54 Å². The number of hydrogen-bond donors (Lipinski definition) is 2. The summed E-state index contributed by atoms with van der Waals surface area (Å²) in [5.41, 5.74) is 2.15. The van der Waals surface area contributed by atoms with Gasteiger partial charge in [0.1, 0.15) is 30.2 Å². The molecule has 2 N–H and O–H groups in total. The molecule has 12 heteroatoms. The predicted molar refractivity (Wildman–Crippen MR) is 123 cm³/mol. The highest BCUT2D eigenvalue weighted by Crippen LogP contribution is 2.28. The summed E-state index contributed by atoms with van der Waals surface area (Å²) >= 11 is 6.31. The molecule has 7 nitrogen and oxygen atoms in total. The number of benzene rings is 2. The Morgan fingerprint density at radius 1 is 1.09 bits per heavy atom. The van der Waals surface area contributed by atoms with Gasteiger partial charge in [0.2, 0.25) is 10.0 Å². The summed E-state index contributed by atoms with van der Waals surface area (Å²) in [6.45, 7) is 0.383. The topological polar surface area (TPSA) is 88.4 Å². The smallest absolute Gasteiger partial charge is 0.243 e. The van der Waals surface area contributed by atoms with Crippen molar-refractivity contribution in [1.82, 2.24) is 19.3 Å². The van der Waals surface area contributed by atoms with Gasteiger partial charge in [-0.25, -0.2) is 26.9 Å². The Kier molecular flexibility index (Phi) is 6.64. The van der Waals surface area contributed by atoms with Crippen LogP contribution in [0.5, 0.6) is 0 Å². The summed E-state index contributed by atoms with van der Waals surface area (Å²) in [6, 6.07) is 11.3. The van der Waals surface area contributed by atoms with Gasteiger partial charge in [0.05, 0.1) is 5.69 Å². The molecular formula is C21H17BClF2N5O2S. The number of anilines is 1. The van der Waals surface area contributed by atoms with Gasteiger partial charge in [-0.15, -0.1) is 0 Å². The number of sulfonamides is 1. The molecule has 0 bridgehead atoms. The third kappa shape index (κ3) is 5.00. The molecule has 0 aliphatic carbocycles. The van der Waals surface area contributed by atoms with Crippen molar-refractivity contribution in [3.05, 3.63) is 71.4 Å². The average molecular weight is 488 g/mol. The molecule has 0 amide bonds. The highest BCUT2D eigenvalue weighted by molar-refractivity contribution is 7.89. The standard InChI is InChI=1S/C21H17BClF2N5O2S/c22-15-12-27-30-20(11-18(29-21(15)30)14-4-1-2-5-16(14)23)26-8-3-9-28-33(31,32)19-7-6-13(24)10-17(19)25/h1-2,4-7,10-12,26,28H,3,8-9H2. The van der Waals surface area contributed by atoms with E-state index in [1.54, 1.807) is 12.1 Å². The lowest BCUT2D eigenvalue weighted by Crippen LogP contribution is -2.27. The number of nitrogens with one attached hydrogen (secondary N) is 2. The highest BCUT2D eigenvalue weighted by atomic mass is 35.5. The number of fused-ring (bicyclic) bond motifs is 1.